The van der Waals surface area contributed by atoms with Gasteiger partial charge in [-0.25, -0.2) is 0 Å². The lowest BCUT2D eigenvalue weighted by atomic mass is 9.79. The van der Waals surface area contributed by atoms with Crippen molar-refractivity contribution in [3.8, 4) is 11.5 Å². The molecule has 0 fully saturated rings. The Kier molecular flexibility index (Phi) is 4.02. The van der Waals surface area contributed by atoms with Gasteiger partial charge in [0.05, 0.1) is 23.0 Å². The molecule has 0 saturated heterocycles. The maximum Gasteiger partial charge on any atom is 0.273 e. The molecule has 0 N–H and O–H groups in total. The molecular formula is C19H16N2O6. The second-order valence-corrected chi connectivity index (χ2v) is 6.57. The van der Waals surface area contributed by atoms with E-state index in [1.54, 1.807) is 12.1 Å². The van der Waals surface area contributed by atoms with E-state index in [9.17, 15) is 20.2 Å². The number of ether oxygens (including phenoxy) is 2. The third-order valence-electron chi connectivity index (χ3n) is 5.11. The van der Waals surface area contributed by atoms with E-state index in [1.807, 2.05) is 12.2 Å². The average Bonchev–Trinajstić information content (AvgIpc) is 3.16. The van der Waals surface area contributed by atoms with Crippen molar-refractivity contribution >= 4 is 11.4 Å². The number of nitro benzene ring substituents is 2. The molecule has 4 rings (SSSR count). The van der Waals surface area contributed by atoms with Gasteiger partial charge in [-0.15, -0.1) is 0 Å². The summed E-state index contributed by atoms with van der Waals surface area (Å²) >= 11 is 0. The van der Waals surface area contributed by atoms with E-state index in [0.717, 1.165) is 6.42 Å². The summed E-state index contributed by atoms with van der Waals surface area (Å²) in [5, 5.41) is 22.4. The second-order valence-electron chi connectivity index (χ2n) is 6.57. The Bertz CT molecular complexity index is 971. The zero-order valence-electron chi connectivity index (χ0n) is 14.4. The van der Waals surface area contributed by atoms with Gasteiger partial charge in [-0.05, 0) is 12.0 Å². The quantitative estimate of drug-likeness (QED) is 0.452. The van der Waals surface area contributed by atoms with Crippen LogP contribution in [-0.4, -0.2) is 17.0 Å². The van der Waals surface area contributed by atoms with Crippen molar-refractivity contribution in [2.75, 3.05) is 7.11 Å². The van der Waals surface area contributed by atoms with E-state index in [2.05, 4.69) is 0 Å². The van der Waals surface area contributed by atoms with Crippen LogP contribution in [0, 0.1) is 26.1 Å². The highest BCUT2D eigenvalue weighted by Gasteiger charge is 2.42. The lowest BCUT2D eigenvalue weighted by Crippen LogP contribution is -2.27. The third kappa shape index (κ3) is 2.79. The predicted octanol–water partition coefficient (Wildman–Crippen LogP) is 4.31. The number of methoxy groups -OCH3 is 1. The molecule has 0 bridgehead atoms. The van der Waals surface area contributed by atoms with Crippen LogP contribution in [0.2, 0.25) is 0 Å². The molecule has 3 unspecified atom stereocenters. The summed E-state index contributed by atoms with van der Waals surface area (Å²) in [6.07, 6.45) is 4.35. The predicted molar refractivity (Wildman–Crippen MR) is 96.1 cm³/mol. The summed E-state index contributed by atoms with van der Waals surface area (Å²) < 4.78 is 11.5. The van der Waals surface area contributed by atoms with Crippen molar-refractivity contribution in [1.82, 2.24) is 0 Å². The summed E-state index contributed by atoms with van der Waals surface area (Å²) in [7, 11) is 1.43. The highest BCUT2D eigenvalue weighted by Crippen LogP contribution is 2.54. The molecule has 138 valence electrons. The lowest BCUT2D eigenvalue weighted by Gasteiger charge is -2.36. The van der Waals surface area contributed by atoms with Crippen molar-refractivity contribution in [2.45, 2.75) is 18.4 Å². The van der Waals surface area contributed by atoms with Crippen LogP contribution >= 0.6 is 0 Å². The van der Waals surface area contributed by atoms with Crippen molar-refractivity contribution in [3.63, 3.8) is 0 Å². The van der Waals surface area contributed by atoms with Gasteiger partial charge in [-0.1, -0.05) is 24.3 Å². The van der Waals surface area contributed by atoms with Crippen LogP contribution in [0.25, 0.3) is 0 Å². The smallest absolute Gasteiger partial charge is 0.273 e. The van der Waals surface area contributed by atoms with Crippen LogP contribution in [0.15, 0.2) is 48.6 Å². The van der Waals surface area contributed by atoms with Crippen molar-refractivity contribution in [2.24, 2.45) is 5.92 Å². The van der Waals surface area contributed by atoms with Crippen LogP contribution in [0.5, 0.6) is 11.5 Å². The second kappa shape index (κ2) is 6.39. The van der Waals surface area contributed by atoms with Crippen molar-refractivity contribution in [1.29, 1.82) is 0 Å². The molecular weight excluding hydrogens is 352 g/mol. The normalized spacial score (nSPS) is 22.5. The minimum Gasteiger partial charge on any atom is -0.493 e. The van der Waals surface area contributed by atoms with Gasteiger partial charge in [-0.3, -0.25) is 20.2 Å². The van der Waals surface area contributed by atoms with E-state index in [-0.39, 0.29) is 29.0 Å². The van der Waals surface area contributed by atoms with Crippen LogP contribution in [0.1, 0.15) is 29.6 Å². The molecule has 0 spiro atoms. The van der Waals surface area contributed by atoms with Crippen LogP contribution in [-0.2, 0) is 0 Å². The van der Waals surface area contributed by atoms with Crippen molar-refractivity contribution in [3.05, 3.63) is 79.9 Å². The Labute approximate surface area is 154 Å². The number of benzene rings is 2. The van der Waals surface area contributed by atoms with E-state index in [0.29, 0.717) is 16.9 Å². The van der Waals surface area contributed by atoms with Crippen LogP contribution < -0.4 is 9.47 Å². The Morgan fingerprint density at radius 1 is 1.11 bits per heavy atom. The minimum absolute atomic E-state index is 0.0000626. The fourth-order valence-corrected chi connectivity index (χ4v) is 3.90. The molecule has 1 aliphatic heterocycles. The summed E-state index contributed by atoms with van der Waals surface area (Å²) in [4.78, 5) is 21.5. The maximum absolute atomic E-state index is 11.3. The maximum atomic E-state index is 11.3. The highest BCUT2D eigenvalue weighted by atomic mass is 16.6. The summed E-state index contributed by atoms with van der Waals surface area (Å²) in [6, 6.07) is 9.25. The molecule has 0 radical (unpaired) electrons. The molecule has 27 heavy (non-hydrogen) atoms. The Hall–Kier alpha value is -3.42. The zero-order valence-corrected chi connectivity index (χ0v) is 14.4. The fraction of sp³-hybridized carbons (Fsp3) is 0.263. The molecule has 1 heterocycles. The van der Waals surface area contributed by atoms with Crippen molar-refractivity contribution < 1.29 is 19.3 Å². The summed E-state index contributed by atoms with van der Waals surface area (Å²) in [5.41, 5.74) is 1.36. The molecule has 0 saturated carbocycles. The SMILES string of the molecule is COc1cc([N+](=O)[O-])cc2c1OC(c1cccc([N+](=O)[O-])c1)C1CC=CC21. The number of nitrogens with zero attached hydrogens (tertiary/aromatic N) is 2. The first kappa shape index (κ1) is 17.0. The van der Waals surface area contributed by atoms with E-state index < -0.39 is 16.0 Å². The summed E-state index contributed by atoms with van der Waals surface area (Å²) in [6.45, 7) is 0. The number of nitro groups is 2. The molecule has 0 amide bonds. The number of allylic oxidation sites excluding steroid dienone is 2. The standard InChI is InChI=1S/C19H16N2O6/c1-26-17-10-13(21(24)25)9-16-14-6-3-7-15(14)18(27-19(16)17)11-4-2-5-12(8-11)20(22)23/h2-6,8-10,14-15,18H,7H2,1H3. The lowest BCUT2D eigenvalue weighted by molar-refractivity contribution is -0.385. The molecule has 2 aromatic rings. The van der Waals surface area contributed by atoms with Gasteiger partial charge in [0.25, 0.3) is 11.4 Å². The first-order valence-corrected chi connectivity index (χ1v) is 8.43. The molecule has 2 aromatic carbocycles. The van der Waals surface area contributed by atoms with Crippen LogP contribution in [0.4, 0.5) is 11.4 Å². The molecule has 0 aromatic heterocycles. The molecule has 3 atom stereocenters. The highest BCUT2D eigenvalue weighted by molar-refractivity contribution is 5.58. The Balaban J connectivity index is 1.83. The third-order valence-corrected chi connectivity index (χ3v) is 5.11. The molecule has 2 aliphatic rings. The average molecular weight is 368 g/mol. The van der Waals surface area contributed by atoms with Gasteiger partial charge in [-0.2, -0.15) is 0 Å². The zero-order chi connectivity index (χ0) is 19.1. The largest absolute Gasteiger partial charge is 0.493 e. The summed E-state index contributed by atoms with van der Waals surface area (Å²) in [5.74, 6) is 0.666. The molecule has 8 nitrogen and oxygen atoms in total. The van der Waals surface area contributed by atoms with Gasteiger partial charge >= 0.3 is 0 Å². The van der Waals surface area contributed by atoms with Gasteiger partial charge in [0.2, 0.25) is 0 Å². The number of hydrogen-bond acceptors (Lipinski definition) is 6. The Morgan fingerprint density at radius 3 is 2.59 bits per heavy atom. The van der Waals surface area contributed by atoms with Gasteiger partial charge in [0, 0.05) is 35.6 Å². The number of fused-ring (bicyclic) bond motifs is 3. The molecule has 1 aliphatic carbocycles. The van der Waals surface area contributed by atoms with Crippen LogP contribution in [0.3, 0.4) is 0 Å². The van der Waals surface area contributed by atoms with Gasteiger partial charge in [0.1, 0.15) is 6.10 Å². The minimum atomic E-state index is -0.455. The molecule has 8 heteroatoms. The van der Waals surface area contributed by atoms with Gasteiger partial charge in [0.15, 0.2) is 11.5 Å². The topological polar surface area (TPSA) is 105 Å². The monoisotopic (exact) mass is 368 g/mol. The number of hydrogen-bond donors (Lipinski definition) is 0. The fourth-order valence-electron chi connectivity index (χ4n) is 3.90. The number of rotatable bonds is 4. The van der Waals surface area contributed by atoms with E-state index in [1.165, 1.54) is 31.4 Å². The van der Waals surface area contributed by atoms with E-state index in [4.69, 9.17) is 9.47 Å². The number of non-ortho nitro benzene ring substituents is 2. The van der Waals surface area contributed by atoms with Gasteiger partial charge < -0.3 is 9.47 Å². The Morgan fingerprint density at radius 2 is 1.89 bits per heavy atom. The first-order chi connectivity index (χ1) is 13.0. The first-order valence-electron chi connectivity index (χ1n) is 8.43. The van der Waals surface area contributed by atoms with E-state index >= 15 is 0 Å².